The van der Waals surface area contributed by atoms with Crippen LogP contribution in [0.3, 0.4) is 0 Å². The molecule has 2 atom stereocenters. The van der Waals surface area contributed by atoms with Crippen molar-refractivity contribution in [3.63, 3.8) is 0 Å². The number of aryl methyl sites for hydroxylation is 2. The Labute approximate surface area is 154 Å². The van der Waals surface area contributed by atoms with E-state index in [1.807, 2.05) is 38.1 Å². The summed E-state index contributed by atoms with van der Waals surface area (Å²) in [7, 11) is 0. The Morgan fingerprint density at radius 1 is 1.00 bits per heavy atom. The number of rotatable bonds is 7. The van der Waals surface area contributed by atoms with Gasteiger partial charge >= 0.3 is 0 Å². The van der Waals surface area contributed by atoms with Crippen LogP contribution in [0, 0.1) is 13.8 Å². The van der Waals surface area contributed by atoms with Crippen molar-refractivity contribution in [3.8, 4) is 0 Å². The van der Waals surface area contributed by atoms with Crippen LogP contribution in [0.1, 0.15) is 28.9 Å². The minimum absolute atomic E-state index is 0.153. The molecule has 3 heterocycles. The summed E-state index contributed by atoms with van der Waals surface area (Å²) in [6.07, 6.45) is 1.06. The van der Waals surface area contributed by atoms with Crippen molar-refractivity contribution in [1.82, 2.24) is 15.3 Å². The first-order chi connectivity index (χ1) is 12.5. The molecule has 0 spiro atoms. The molecule has 1 fully saturated rings. The van der Waals surface area contributed by atoms with E-state index >= 15 is 0 Å². The van der Waals surface area contributed by atoms with Crippen molar-refractivity contribution < 1.29 is 9.47 Å². The molecule has 7 heteroatoms. The third-order valence-corrected chi connectivity index (χ3v) is 4.30. The molecule has 0 radical (unpaired) electrons. The highest BCUT2D eigenvalue weighted by Gasteiger charge is 2.25. The maximum atomic E-state index is 5.96. The number of nitrogen functional groups attached to an aromatic ring is 2. The fourth-order valence-corrected chi connectivity index (χ4v) is 3.23. The average molecular weight is 357 g/mol. The van der Waals surface area contributed by atoms with Crippen molar-refractivity contribution in [2.75, 3.05) is 24.6 Å². The fraction of sp³-hybridized carbons (Fsp3) is 0.474. The molecule has 0 aromatic carbocycles. The Hall–Kier alpha value is -2.22. The number of nitrogens with two attached hydrogens (primary N) is 2. The first-order valence-electron chi connectivity index (χ1n) is 8.87. The molecule has 0 aliphatic carbocycles. The molecule has 1 aliphatic rings. The zero-order chi connectivity index (χ0) is 18.5. The van der Waals surface area contributed by atoms with Gasteiger partial charge in [-0.05, 0) is 55.7 Å². The standard InChI is InChI=1S/C19H27N5O2/c1-12-3-15(23-18(20)5-12)10-25-9-14-7-17(8-22-14)26-11-16-4-13(2)6-19(21)24-16/h3-6,14,17,22H,7-11H2,1-2H3,(H2,20,23)(H2,21,24). The van der Waals surface area contributed by atoms with E-state index in [1.54, 1.807) is 0 Å². The number of nitrogens with one attached hydrogen (secondary N) is 1. The van der Waals surface area contributed by atoms with Crippen LogP contribution < -0.4 is 16.8 Å². The molecule has 3 rings (SSSR count). The van der Waals surface area contributed by atoms with E-state index in [2.05, 4.69) is 15.3 Å². The second kappa shape index (κ2) is 8.44. The van der Waals surface area contributed by atoms with Crippen molar-refractivity contribution in [1.29, 1.82) is 0 Å². The zero-order valence-electron chi connectivity index (χ0n) is 15.4. The van der Waals surface area contributed by atoms with Gasteiger partial charge in [-0.3, -0.25) is 0 Å². The predicted octanol–water partition coefficient (Wildman–Crippen LogP) is 1.72. The van der Waals surface area contributed by atoms with Crippen LogP contribution in [-0.2, 0) is 22.7 Å². The van der Waals surface area contributed by atoms with Crippen LogP contribution in [0.15, 0.2) is 24.3 Å². The minimum atomic E-state index is 0.153. The van der Waals surface area contributed by atoms with Crippen LogP contribution in [0.4, 0.5) is 11.6 Å². The number of nitrogens with zero attached hydrogens (tertiary/aromatic N) is 2. The van der Waals surface area contributed by atoms with E-state index in [0.29, 0.717) is 31.5 Å². The molecule has 140 valence electrons. The fourth-order valence-electron chi connectivity index (χ4n) is 3.23. The molecule has 5 N–H and O–H groups in total. The Morgan fingerprint density at radius 2 is 1.62 bits per heavy atom. The SMILES string of the molecule is Cc1cc(N)nc(COCC2CC(OCc3cc(C)cc(N)n3)CN2)c1. The monoisotopic (exact) mass is 357 g/mol. The average Bonchev–Trinajstić information content (AvgIpc) is 2.99. The number of hydrogen-bond acceptors (Lipinski definition) is 7. The highest BCUT2D eigenvalue weighted by atomic mass is 16.5. The van der Waals surface area contributed by atoms with Crippen molar-refractivity contribution in [2.45, 2.75) is 45.6 Å². The number of aromatic nitrogens is 2. The van der Waals surface area contributed by atoms with Crippen LogP contribution in [-0.4, -0.2) is 35.3 Å². The molecule has 7 nitrogen and oxygen atoms in total. The molecule has 2 aromatic rings. The molecule has 0 saturated carbocycles. The highest BCUT2D eigenvalue weighted by molar-refractivity contribution is 5.34. The highest BCUT2D eigenvalue weighted by Crippen LogP contribution is 2.15. The van der Waals surface area contributed by atoms with Gasteiger partial charge in [0.2, 0.25) is 0 Å². The summed E-state index contributed by atoms with van der Waals surface area (Å²) in [5.41, 5.74) is 15.5. The van der Waals surface area contributed by atoms with Gasteiger partial charge in [-0.2, -0.15) is 0 Å². The lowest BCUT2D eigenvalue weighted by Crippen LogP contribution is -2.26. The summed E-state index contributed by atoms with van der Waals surface area (Å²) in [5.74, 6) is 1.06. The number of hydrogen-bond donors (Lipinski definition) is 3. The lowest BCUT2D eigenvalue weighted by molar-refractivity contribution is 0.0453. The first-order valence-corrected chi connectivity index (χ1v) is 8.87. The van der Waals surface area contributed by atoms with Gasteiger partial charge in [0.1, 0.15) is 11.6 Å². The van der Waals surface area contributed by atoms with Crippen LogP contribution >= 0.6 is 0 Å². The molecule has 1 saturated heterocycles. The van der Waals surface area contributed by atoms with Gasteiger partial charge < -0.3 is 26.3 Å². The summed E-state index contributed by atoms with van der Waals surface area (Å²) < 4.78 is 11.8. The summed E-state index contributed by atoms with van der Waals surface area (Å²) >= 11 is 0. The topological polar surface area (TPSA) is 108 Å². The lowest BCUT2D eigenvalue weighted by Gasteiger charge is -2.13. The number of ether oxygens (including phenoxy) is 2. The van der Waals surface area contributed by atoms with E-state index in [-0.39, 0.29) is 12.1 Å². The van der Waals surface area contributed by atoms with Gasteiger partial charge in [-0.25, -0.2) is 9.97 Å². The molecular weight excluding hydrogens is 330 g/mol. The summed E-state index contributed by atoms with van der Waals surface area (Å²) in [5, 5.41) is 3.43. The minimum Gasteiger partial charge on any atom is -0.384 e. The molecular formula is C19H27N5O2. The van der Waals surface area contributed by atoms with Gasteiger partial charge in [0.25, 0.3) is 0 Å². The van der Waals surface area contributed by atoms with Crippen LogP contribution in [0.25, 0.3) is 0 Å². The quantitative estimate of drug-likeness (QED) is 0.692. The third-order valence-electron chi connectivity index (χ3n) is 4.30. The molecule has 0 amide bonds. The maximum absolute atomic E-state index is 5.96. The Kier molecular flexibility index (Phi) is 6.03. The molecule has 26 heavy (non-hydrogen) atoms. The second-order valence-corrected chi connectivity index (χ2v) is 6.91. The van der Waals surface area contributed by atoms with Crippen molar-refractivity contribution in [3.05, 3.63) is 46.8 Å². The summed E-state index contributed by atoms with van der Waals surface area (Å²) in [4.78, 5) is 8.58. The zero-order valence-corrected chi connectivity index (χ0v) is 15.4. The summed E-state index contributed by atoms with van der Waals surface area (Å²) in [6.45, 7) is 6.36. The van der Waals surface area contributed by atoms with E-state index in [4.69, 9.17) is 20.9 Å². The van der Waals surface area contributed by atoms with E-state index in [1.165, 1.54) is 0 Å². The van der Waals surface area contributed by atoms with Gasteiger partial charge in [-0.1, -0.05) is 0 Å². The largest absolute Gasteiger partial charge is 0.384 e. The van der Waals surface area contributed by atoms with Crippen molar-refractivity contribution in [2.24, 2.45) is 0 Å². The van der Waals surface area contributed by atoms with E-state index < -0.39 is 0 Å². The second-order valence-electron chi connectivity index (χ2n) is 6.91. The smallest absolute Gasteiger partial charge is 0.123 e. The van der Waals surface area contributed by atoms with Gasteiger partial charge in [0.05, 0.1) is 37.3 Å². The Bertz CT molecular complexity index is 712. The number of pyridine rings is 2. The predicted molar refractivity (Wildman–Crippen MR) is 101 cm³/mol. The Balaban J connectivity index is 1.39. The van der Waals surface area contributed by atoms with Crippen LogP contribution in [0.2, 0.25) is 0 Å². The summed E-state index contributed by atoms with van der Waals surface area (Å²) in [6, 6.07) is 7.97. The van der Waals surface area contributed by atoms with Gasteiger partial charge in [0.15, 0.2) is 0 Å². The maximum Gasteiger partial charge on any atom is 0.123 e. The lowest BCUT2D eigenvalue weighted by atomic mass is 10.2. The van der Waals surface area contributed by atoms with E-state index in [0.717, 1.165) is 35.5 Å². The van der Waals surface area contributed by atoms with Gasteiger partial charge in [-0.15, -0.1) is 0 Å². The molecule has 2 aromatic heterocycles. The number of anilines is 2. The third kappa shape index (κ3) is 5.39. The van der Waals surface area contributed by atoms with E-state index in [9.17, 15) is 0 Å². The van der Waals surface area contributed by atoms with Gasteiger partial charge in [0, 0.05) is 12.6 Å². The Morgan fingerprint density at radius 3 is 2.23 bits per heavy atom. The first kappa shape index (κ1) is 18.6. The van der Waals surface area contributed by atoms with Crippen molar-refractivity contribution >= 4 is 11.6 Å². The normalized spacial score (nSPS) is 19.8. The molecule has 0 bridgehead atoms. The molecule has 1 aliphatic heterocycles. The molecule has 2 unspecified atom stereocenters. The van der Waals surface area contributed by atoms with Crippen LogP contribution in [0.5, 0.6) is 0 Å².